The van der Waals surface area contributed by atoms with Crippen LogP contribution in [0.5, 0.6) is 0 Å². The molecule has 1 fully saturated rings. The molecule has 0 atom stereocenters. The molecule has 0 aromatic rings. The summed E-state index contributed by atoms with van der Waals surface area (Å²) in [4.78, 5) is 0. The predicted octanol–water partition coefficient (Wildman–Crippen LogP) is 2.44. The lowest BCUT2D eigenvalue weighted by Crippen LogP contribution is -2.15. The van der Waals surface area contributed by atoms with Gasteiger partial charge in [0.2, 0.25) is 0 Å². The van der Waals surface area contributed by atoms with E-state index in [4.69, 9.17) is 15.9 Å². The smallest absolute Gasteiger partial charge is 0.0906 e. The van der Waals surface area contributed by atoms with Gasteiger partial charge >= 0.3 is 0 Å². The third kappa shape index (κ3) is 5.22. The van der Waals surface area contributed by atoms with E-state index in [-0.39, 0.29) is 5.84 Å². The van der Waals surface area contributed by atoms with Crippen LogP contribution in [-0.2, 0) is 4.74 Å². The van der Waals surface area contributed by atoms with Gasteiger partial charge in [-0.1, -0.05) is 25.7 Å². The summed E-state index contributed by atoms with van der Waals surface area (Å²) in [7, 11) is 0. The van der Waals surface area contributed by atoms with Gasteiger partial charge in [-0.25, -0.2) is 0 Å². The van der Waals surface area contributed by atoms with Crippen LogP contribution >= 0.6 is 0 Å². The summed E-state index contributed by atoms with van der Waals surface area (Å²) in [6.45, 7) is 0.768. The fraction of sp³-hybridized carbons (Fsp3) is 0.909. The van der Waals surface area contributed by atoms with Crippen molar-refractivity contribution in [3.8, 4) is 0 Å². The minimum Gasteiger partial charge on any atom is -0.388 e. The van der Waals surface area contributed by atoms with Crippen molar-refractivity contribution < 1.29 is 4.74 Å². The minimum absolute atomic E-state index is 0.273. The normalized spacial score (nSPS) is 19.1. The number of ether oxygens (including phenoxy) is 1. The highest BCUT2D eigenvalue weighted by atomic mass is 16.5. The molecule has 82 valence electrons. The largest absolute Gasteiger partial charge is 0.388 e. The Morgan fingerprint density at radius 1 is 1.21 bits per heavy atom. The molecule has 0 heterocycles. The Morgan fingerprint density at radius 3 is 2.43 bits per heavy atom. The maximum Gasteiger partial charge on any atom is 0.0906 e. The zero-order valence-electron chi connectivity index (χ0n) is 8.93. The topological polar surface area (TPSA) is 59.1 Å². The lowest BCUT2D eigenvalue weighted by molar-refractivity contribution is 0.0425. The van der Waals surface area contributed by atoms with Crippen LogP contribution in [0.1, 0.15) is 51.4 Å². The van der Waals surface area contributed by atoms with Crippen LogP contribution in [0, 0.1) is 5.41 Å². The number of rotatable bonds is 5. The van der Waals surface area contributed by atoms with Crippen LogP contribution < -0.4 is 5.73 Å². The summed E-state index contributed by atoms with van der Waals surface area (Å²) in [5.41, 5.74) is 5.26. The summed E-state index contributed by atoms with van der Waals surface area (Å²) in [6.07, 6.45) is 9.86. The highest BCUT2D eigenvalue weighted by Gasteiger charge is 2.11. The molecule has 0 aromatic heterocycles. The van der Waals surface area contributed by atoms with Gasteiger partial charge in [0.15, 0.2) is 0 Å². The van der Waals surface area contributed by atoms with Crippen molar-refractivity contribution in [1.29, 1.82) is 5.41 Å². The summed E-state index contributed by atoms with van der Waals surface area (Å²) in [6, 6.07) is 0. The van der Waals surface area contributed by atoms with Gasteiger partial charge in [-0.15, -0.1) is 0 Å². The van der Waals surface area contributed by atoms with Gasteiger partial charge in [0.05, 0.1) is 11.9 Å². The van der Waals surface area contributed by atoms with E-state index in [0.717, 1.165) is 13.0 Å². The molecule has 0 unspecified atom stereocenters. The van der Waals surface area contributed by atoms with Gasteiger partial charge in [0.25, 0.3) is 0 Å². The second-order valence-electron chi connectivity index (χ2n) is 4.11. The van der Waals surface area contributed by atoms with Gasteiger partial charge in [0.1, 0.15) is 0 Å². The molecule has 3 N–H and O–H groups in total. The van der Waals surface area contributed by atoms with Gasteiger partial charge < -0.3 is 10.5 Å². The predicted molar refractivity (Wildman–Crippen MR) is 58.6 cm³/mol. The molecule has 3 heteroatoms. The zero-order valence-corrected chi connectivity index (χ0v) is 8.93. The fourth-order valence-corrected chi connectivity index (χ4v) is 1.92. The highest BCUT2D eigenvalue weighted by molar-refractivity contribution is 5.76. The number of amidine groups is 1. The third-order valence-corrected chi connectivity index (χ3v) is 2.75. The van der Waals surface area contributed by atoms with E-state index in [1.165, 1.54) is 38.5 Å². The van der Waals surface area contributed by atoms with Crippen LogP contribution in [0.4, 0.5) is 0 Å². The third-order valence-electron chi connectivity index (χ3n) is 2.75. The molecular formula is C11H22N2O. The number of nitrogens with one attached hydrogen (secondary N) is 1. The Bertz CT molecular complexity index is 163. The molecule has 3 nitrogen and oxygen atoms in total. The summed E-state index contributed by atoms with van der Waals surface area (Å²) in [5, 5.41) is 7.07. The second kappa shape index (κ2) is 6.82. The van der Waals surface area contributed by atoms with E-state index < -0.39 is 0 Å². The Hall–Kier alpha value is -0.570. The molecule has 1 aliphatic rings. The minimum atomic E-state index is 0.273. The van der Waals surface area contributed by atoms with Crippen molar-refractivity contribution in [3.05, 3.63) is 0 Å². The molecule has 14 heavy (non-hydrogen) atoms. The lowest BCUT2D eigenvalue weighted by atomic mass is 10.1. The van der Waals surface area contributed by atoms with Crippen LogP contribution in [0.2, 0.25) is 0 Å². The first kappa shape index (κ1) is 11.5. The lowest BCUT2D eigenvalue weighted by Gasteiger charge is -2.14. The molecule has 0 aliphatic heterocycles. The van der Waals surface area contributed by atoms with Gasteiger partial charge in [-0.3, -0.25) is 5.41 Å². The van der Waals surface area contributed by atoms with Crippen LogP contribution in [-0.4, -0.2) is 18.5 Å². The first-order chi connectivity index (χ1) is 6.79. The molecule has 0 saturated heterocycles. The Morgan fingerprint density at radius 2 is 1.86 bits per heavy atom. The van der Waals surface area contributed by atoms with E-state index in [0.29, 0.717) is 12.5 Å². The first-order valence-electron chi connectivity index (χ1n) is 5.73. The van der Waals surface area contributed by atoms with E-state index in [1.54, 1.807) is 0 Å². The van der Waals surface area contributed by atoms with E-state index in [1.807, 2.05) is 0 Å². The standard InChI is InChI=1S/C11H22N2O/c12-11(13)8-5-9-14-10-6-3-1-2-4-7-10/h10H,1-9H2,(H3,12,13). The van der Waals surface area contributed by atoms with Crippen molar-refractivity contribution in [1.82, 2.24) is 0 Å². The zero-order chi connectivity index (χ0) is 10.2. The molecule has 0 amide bonds. The summed E-state index contributed by atoms with van der Waals surface area (Å²) >= 11 is 0. The van der Waals surface area contributed by atoms with Crippen LogP contribution in [0.3, 0.4) is 0 Å². The summed E-state index contributed by atoms with van der Waals surface area (Å²) in [5.74, 6) is 0.273. The number of hydrogen-bond donors (Lipinski definition) is 2. The van der Waals surface area contributed by atoms with Crippen LogP contribution in [0.25, 0.3) is 0 Å². The first-order valence-corrected chi connectivity index (χ1v) is 5.73. The Balaban J connectivity index is 2.01. The molecule has 1 rings (SSSR count). The molecular weight excluding hydrogens is 176 g/mol. The van der Waals surface area contributed by atoms with Crippen molar-refractivity contribution in [2.24, 2.45) is 5.73 Å². The highest BCUT2D eigenvalue weighted by Crippen LogP contribution is 2.19. The maximum atomic E-state index is 7.07. The second-order valence-corrected chi connectivity index (χ2v) is 4.11. The van der Waals surface area contributed by atoms with Crippen molar-refractivity contribution >= 4 is 5.84 Å². The number of nitrogens with two attached hydrogens (primary N) is 1. The van der Waals surface area contributed by atoms with Gasteiger partial charge in [-0.05, 0) is 19.3 Å². The SMILES string of the molecule is N=C(N)CCCOC1CCCCCC1. The van der Waals surface area contributed by atoms with Crippen molar-refractivity contribution in [2.45, 2.75) is 57.5 Å². The average Bonchev–Trinajstić information content (AvgIpc) is 2.40. The molecule has 1 saturated carbocycles. The molecule has 0 spiro atoms. The summed E-state index contributed by atoms with van der Waals surface area (Å²) < 4.78 is 5.76. The Kier molecular flexibility index (Phi) is 5.60. The van der Waals surface area contributed by atoms with E-state index >= 15 is 0 Å². The quantitative estimate of drug-likeness (QED) is 0.308. The van der Waals surface area contributed by atoms with Crippen molar-refractivity contribution in [3.63, 3.8) is 0 Å². The van der Waals surface area contributed by atoms with E-state index in [9.17, 15) is 0 Å². The van der Waals surface area contributed by atoms with Crippen LogP contribution in [0.15, 0.2) is 0 Å². The van der Waals surface area contributed by atoms with E-state index in [2.05, 4.69) is 0 Å². The van der Waals surface area contributed by atoms with Gasteiger partial charge in [0, 0.05) is 13.0 Å². The maximum absolute atomic E-state index is 7.07. The molecule has 0 bridgehead atoms. The fourth-order valence-electron chi connectivity index (χ4n) is 1.92. The molecule has 0 radical (unpaired) electrons. The monoisotopic (exact) mass is 198 g/mol. The Labute approximate surface area is 86.5 Å². The number of hydrogen-bond acceptors (Lipinski definition) is 2. The average molecular weight is 198 g/mol. The van der Waals surface area contributed by atoms with Gasteiger partial charge in [-0.2, -0.15) is 0 Å². The molecule has 1 aliphatic carbocycles. The molecule has 0 aromatic carbocycles. The van der Waals surface area contributed by atoms with Crippen molar-refractivity contribution in [2.75, 3.05) is 6.61 Å².